The van der Waals surface area contributed by atoms with E-state index in [0.29, 0.717) is 13.0 Å². The topological polar surface area (TPSA) is 63.4 Å². The Morgan fingerprint density at radius 3 is 2.64 bits per heavy atom. The van der Waals surface area contributed by atoms with Crippen LogP contribution < -0.4 is 5.73 Å². The average Bonchev–Trinajstić information content (AvgIpc) is 1.97. The summed E-state index contributed by atoms with van der Waals surface area (Å²) in [4.78, 5) is 22.0. The van der Waals surface area contributed by atoms with Gasteiger partial charge in [-0.15, -0.1) is 0 Å². The quantitative estimate of drug-likeness (QED) is 0.541. The number of rotatable bonds is 6. The van der Waals surface area contributed by atoms with Crippen LogP contribution >= 0.6 is 0 Å². The molecule has 11 heavy (non-hydrogen) atoms. The van der Waals surface area contributed by atoms with Crippen molar-refractivity contribution in [1.29, 1.82) is 0 Å². The molecular formula is C7H14N2O2. The molecule has 0 aromatic carbocycles. The number of hydrogen-bond donors (Lipinski definition) is 1. The third-order valence-corrected chi connectivity index (χ3v) is 1.31. The van der Waals surface area contributed by atoms with Gasteiger partial charge in [-0.05, 0) is 6.42 Å². The van der Waals surface area contributed by atoms with Crippen LogP contribution in [0.4, 0.5) is 0 Å². The highest BCUT2D eigenvalue weighted by Crippen LogP contribution is 1.90. The lowest BCUT2D eigenvalue weighted by Crippen LogP contribution is -2.33. The van der Waals surface area contributed by atoms with Gasteiger partial charge in [0.1, 0.15) is 0 Å². The summed E-state index contributed by atoms with van der Waals surface area (Å²) in [6.07, 6.45) is 2.57. The minimum atomic E-state index is -0.465. The van der Waals surface area contributed by atoms with E-state index in [1.165, 1.54) is 4.90 Å². The number of carbonyl (C=O) groups excluding carboxylic acids is 2. The van der Waals surface area contributed by atoms with Crippen LogP contribution in [-0.2, 0) is 9.59 Å². The number of nitrogens with zero attached hydrogens (tertiary/aromatic N) is 1. The van der Waals surface area contributed by atoms with Crippen LogP contribution in [0.15, 0.2) is 0 Å². The summed E-state index contributed by atoms with van der Waals surface area (Å²) in [5.41, 5.74) is 4.90. The lowest BCUT2D eigenvalue weighted by atomic mass is 10.3. The maximum absolute atomic E-state index is 10.4. The summed E-state index contributed by atoms with van der Waals surface area (Å²) in [5, 5.41) is 0. The third kappa shape index (κ3) is 5.39. The van der Waals surface area contributed by atoms with E-state index in [2.05, 4.69) is 0 Å². The van der Waals surface area contributed by atoms with Gasteiger partial charge in [-0.1, -0.05) is 13.3 Å². The Balaban J connectivity index is 3.57. The molecule has 0 saturated carbocycles. The summed E-state index contributed by atoms with van der Waals surface area (Å²) in [6, 6.07) is 0. The van der Waals surface area contributed by atoms with Gasteiger partial charge in [0.15, 0.2) is 0 Å². The molecule has 4 heteroatoms. The van der Waals surface area contributed by atoms with Crippen LogP contribution in [-0.4, -0.2) is 30.3 Å². The van der Waals surface area contributed by atoms with Crippen molar-refractivity contribution in [3.05, 3.63) is 0 Å². The number of hydrogen-bond acceptors (Lipinski definition) is 2. The minimum absolute atomic E-state index is 0.0312. The lowest BCUT2D eigenvalue weighted by molar-refractivity contribution is -0.126. The molecular weight excluding hydrogens is 144 g/mol. The van der Waals surface area contributed by atoms with E-state index in [0.717, 1.165) is 12.8 Å². The first kappa shape index (κ1) is 9.94. The van der Waals surface area contributed by atoms with E-state index < -0.39 is 5.91 Å². The predicted octanol–water partition coefficient (Wildman–Crippen LogP) is -0.270. The number of primary amides is 1. The molecule has 0 saturated heterocycles. The zero-order chi connectivity index (χ0) is 8.69. The van der Waals surface area contributed by atoms with Gasteiger partial charge in [-0.2, -0.15) is 0 Å². The van der Waals surface area contributed by atoms with Crippen molar-refractivity contribution in [2.45, 2.75) is 19.8 Å². The van der Waals surface area contributed by atoms with Crippen LogP contribution in [0.1, 0.15) is 19.8 Å². The summed E-state index contributed by atoms with van der Waals surface area (Å²) in [7, 11) is 0. The Hall–Kier alpha value is -1.06. The highest BCUT2D eigenvalue weighted by molar-refractivity contribution is 5.77. The fourth-order valence-corrected chi connectivity index (χ4v) is 0.730. The highest BCUT2D eigenvalue weighted by Gasteiger charge is 2.02. The first-order valence-electron chi connectivity index (χ1n) is 3.68. The zero-order valence-electron chi connectivity index (χ0n) is 6.75. The molecule has 0 radical (unpaired) electrons. The molecule has 0 rings (SSSR count). The van der Waals surface area contributed by atoms with E-state index in [-0.39, 0.29) is 6.54 Å². The van der Waals surface area contributed by atoms with E-state index in [4.69, 9.17) is 5.73 Å². The molecule has 0 aliphatic carbocycles. The molecule has 2 N–H and O–H groups in total. The van der Waals surface area contributed by atoms with Gasteiger partial charge >= 0.3 is 0 Å². The van der Waals surface area contributed by atoms with Gasteiger partial charge < -0.3 is 10.6 Å². The van der Waals surface area contributed by atoms with Crippen molar-refractivity contribution in [2.75, 3.05) is 13.1 Å². The fraction of sp³-hybridized carbons (Fsp3) is 0.714. The van der Waals surface area contributed by atoms with Gasteiger partial charge in [-0.3, -0.25) is 9.59 Å². The lowest BCUT2D eigenvalue weighted by Gasteiger charge is -2.13. The highest BCUT2D eigenvalue weighted by atomic mass is 16.2. The summed E-state index contributed by atoms with van der Waals surface area (Å²) >= 11 is 0. The average molecular weight is 158 g/mol. The predicted molar refractivity (Wildman–Crippen MR) is 41.7 cm³/mol. The normalized spacial score (nSPS) is 9.18. The van der Waals surface area contributed by atoms with Gasteiger partial charge in [0.2, 0.25) is 12.3 Å². The van der Waals surface area contributed by atoms with E-state index in [9.17, 15) is 9.59 Å². The van der Waals surface area contributed by atoms with E-state index in [1.54, 1.807) is 0 Å². The second kappa shape index (κ2) is 5.70. The van der Waals surface area contributed by atoms with Crippen LogP contribution in [0.5, 0.6) is 0 Å². The summed E-state index contributed by atoms with van der Waals surface area (Å²) in [5.74, 6) is -0.465. The molecule has 0 fully saturated rings. The van der Waals surface area contributed by atoms with Crippen molar-refractivity contribution in [1.82, 2.24) is 4.90 Å². The second-order valence-electron chi connectivity index (χ2n) is 2.40. The van der Waals surface area contributed by atoms with Gasteiger partial charge in [0.25, 0.3) is 0 Å². The summed E-state index contributed by atoms with van der Waals surface area (Å²) in [6.45, 7) is 2.67. The van der Waals surface area contributed by atoms with Gasteiger partial charge in [0.05, 0.1) is 6.54 Å². The van der Waals surface area contributed by atoms with Gasteiger partial charge in [0, 0.05) is 6.54 Å². The smallest absolute Gasteiger partial charge is 0.237 e. The molecule has 0 unspecified atom stereocenters. The third-order valence-electron chi connectivity index (χ3n) is 1.31. The molecule has 0 aromatic heterocycles. The van der Waals surface area contributed by atoms with Crippen LogP contribution in [0.3, 0.4) is 0 Å². The van der Waals surface area contributed by atoms with E-state index >= 15 is 0 Å². The Kier molecular flexibility index (Phi) is 5.15. The van der Waals surface area contributed by atoms with Crippen LogP contribution in [0.25, 0.3) is 0 Å². The Labute approximate surface area is 66.4 Å². The SMILES string of the molecule is CCCCN(C=O)CC(N)=O. The maximum Gasteiger partial charge on any atom is 0.237 e. The largest absolute Gasteiger partial charge is 0.368 e. The molecule has 0 aromatic rings. The summed E-state index contributed by atoms with van der Waals surface area (Å²) < 4.78 is 0. The molecule has 0 aliphatic rings. The fourth-order valence-electron chi connectivity index (χ4n) is 0.730. The molecule has 4 nitrogen and oxygen atoms in total. The van der Waals surface area contributed by atoms with Crippen molar-refractivity contribution in [2.24, 2.45) is 5.73 Å². The second-order valence-corrected chi connectivity index (χ2v) is 2.40. The molecule has 0 spiro atoms. The number of amides is 2. The molecule has 0 heterocycles. The zero-order valence-corrected chi connectivity index (χ0v) is 6.75. The van der Waals surface area contributed by atoms with Crippen molar-refractivity contribution in [3.8, 4) is 0 Å². The Morgan fingerprint density at radius 2 is 2.27 bits per heavy atom. The number of unbranched alkanes of at least 4 members (excludes halogenated alkanes) is 1. The Morgan fingerprint density at radius 1 is 1.64 bits per heavy atom. The first-order chi connectivity index (χ1) is 5.20. The van der Waals surface area contributed by atoms with Crippen molar-refractivity contribution in [3.63, 3.8) is 0 Å². The number of carbonyl (C=O) groups is 2. The minimum Gasteiger partial charge on any atom is -0.368 e. The van der Waals surface area contributed by atoms with Crippen molar-refractivity contribution < 1.29 is 9.59 Å². The first-order valence-corrected chi connectivity index (χ1v) is 3.68. The van der Waals surface area contributed by atoms with Crippen LogP contribution in [0, 0.1) is 0 Å². The maximum atomic E-state index is 10.4. The van der Waals surface area contributed by atoms with Crippen LogP contribution in [0.2, 0.25) is 0 Å². The monoisotopic (exact) mass is 158 g/mol. The molecule has 0 aliphatic heterocycles. The van der Waals surface area contributed by atoms with E-state index in [1.807, 2.05) is 6.92 Å². The number of nitrogens with two attached hydrogens (primary N) is 1. The molecule has 64 valence electrons. The molecule has 2 amide bonds. The molecule has 0 bridgehead atoms. The molecule has 0 atom stereocenters. The van der Waals surface area contributed by atoms with Gasteiger partial charge in [-0.25, -0.2) is 0 Å². The van der Waals surface area contributed by atoms with Crippen molar-refractivity contribution >= 4 is 12.3 Å². The Bertz CT molecular complexity index is 136. The standard InChI is InChI=1S/C7H14N2O2/c1-2-3-4-9(6-10)5-7(8)11/h6H,2-5H2,1H3,(H2,8,11).